The van der Waals surface area contributed by atoms with Crippen LogP contribution in [0.3, 0.4) is 0 Å². The number of rotatable bonds is 4. The summed E-state index contributed by atoms with van der Waals surface area (Å²) >= 11 is 2.21. The molecule has 8 nitrogen and oxygen atoms in total. The van der Waals surface area contributed by atoms with Crippen LogP contribution in [0.2, 0.25) is 0 Å². The Kier molecular flexibility index (Phi) is 4.80. The smallest absolute Gasteiger partial charge is 0.167 e. The van der Waals surface area contributed by atoms with E-state index in [1.54, 1.807) is 6.34 Å². The molecule has 1 aliphatic rings. The van der Waals surface area contributed by atoms with E-state index < -0.39 is 12.2 Å². The molecule has 0 aromatic carbocycles. The van der Waals surface area contributed by atoms with Gasteiger partial charge in [0.2, 0.25) is 0 Å². The third-order valence-electron chi connectivity index (χ3n) is 3.65. The summed E-state index contributed by atoms with van der Waals surface area (Å²) in [6.45, 7) is -0.207. The Hall–Kier alpha value is -1.30. The number of hydrogen-bond acceptors (Lipinski definition) is 6. The Morgan fingerprint density at radius 3 is 2.96 bits per heavy atom. The molecule has 3 rings (SSSR count). The van der Waals surface area contributed by atoms with E-state index in [0.717, 1.165) is 8.96 Å². The number of halogens is 1. The summed E-state index contributed by atoms with van der Waals surface area (Å²) in [5.41, 5.74) is 0.700. The van der Waals surface area contributed by atoms with Gasteiger partial charge >= 0.3 is 0 Å². The summed E-state index contributed by atoms with van der Waals surface area (Å²) in [5, 5.41) is 20.0. The molecule has 3 heterocycles. The van der Waals surface area contributed by atoms with Crippen molar-refractivity contribution in [1.82, 2.24) is 19.4 Å². The SMILES string of the molecule is CN(C)C=Nc1ncnc2c1c(I)cn2[C@H]1C[C@H](O)[C@@H](CO)O1. The maximum atomic E-state index is 9.94. The summed E-state index contributed by atoms with van der Waals surface area (Å²) in [4.78, 5) is 14.8. The molecule has 0 radical (unpaired) electrons. The topological polar surface area (TPSA) is 96.0 Å². The molecule has 0 saturated carbocycles. The lowest BCUT2D eigenvalue weighted by molar-refractivity contribution is -0.0430. The van der Waals surface area contributed by atoms with Crippen molar-refractivity contribution in [2.75, 3.05) is 20.7 Å². The second-order valence-electron chi connectivity index (χ2n) is 5.60. The van der Waals surface area contributed by atoms with Gasteiger partial charge in [-0.05, 0) is 22.6 Å². The van der Waals surface area contributed by atoms with Gasteiger partial charge in [-0.1, -0.05) is 0 Å². The minimum Gasteiger partial charge on any atom is -0.394 e. The van der Waals surface area contributed by atoms with Crippen LogP contribution in [0.15, 0.2) is 17.5 Å². The first kappa shape index (κ1) is 16.6. The molecule has 23 heavy (non-hydrogen) atoms. The highest BCUT2D eigenvalue weighted by molar-refractivity contribution is 14.1. The van der Waals surface area contributed by atoms with Crippen molar-refractivity contribution in [1.29, 1.82) is 0 Å². The van der Waals surface area contributed by atoms with Crippen LogP contribution in [-0.2, 0) is 4.74 Å². The largest absolute Gasteiger partial charge is 0.394 e. The Bertz CT molecular complexity index is 733. The number of ether oxygens (including phenoxy) is 1. The van der Waals surface area contributed by atoms with Gasteiger partial charge in [0.05, 0.1) is 24.4 Å². The molecule has 0 spiro atoms. The van der Waals surface area contributed by atoms with E-state index >= 15 is 0 Å². The molecule has 124 valence electrons. The normalized spacial score (nSPS) is 24.8. The fourth-order valence-electron chi connectivity index (χ4n) is 2.56. The maximum absolute atomic E-state index is 9.94. The molecule has 2 aromatic heterocycles. The third kappa shape index (κ3) is 3.18. The summed E-state index contributed by atoms with van der Waals surface area (Å²) in [6.07, 6.45) is 3.85. The third-order valence-corrected chi connectivity index (χ3v) is 4.47. The van der Waals surface area contributed by atoms with E-state index in [-0.39, 0.29) is 12.8 Å². The Labute approximate surface area is 147 Å². The molecule has 1 fully saturated rings. The van der Waals surface area contributed by atoms with Gasteiger partial charge in [-0.25, -0.2) is 15.0 Å². The zero-order valence-electron chi connectivity index (χ0n) is 12.8. The predicted octanol–water partition coefficient (Wildman–Crippen LogP) is 0.898. The van der Waals surface area contributed by atoms with E-state index in [2.05, 4.69) is 37.6 Å². The van der Waals surface area contributed by atoms with Crippen molar-refractivity contribution in [3.8, 4) is 0 Å². The van der Waals surface area contributed by atoms with E-state index in [0.29, 0.717) is 17.9 Å². The highest BCUT2D eigenvalue weighted by Gasteiger charge is 2.35. The van der Waals surface area contributed by atoms with E-state index in [1.165, 1.54) is 6.33 Å². The van der Waals surface area contributed by atoms with Crippen molar-refractivity contribution < 1.29 is 14.9 Å². The lowest BCUT2D eigenvalue weighted by Crippen LogP contribution is -2.24. The first-order chi connectivity index (χ1) is 11.0. The number of nitrogens with zero attached hydrogens (tertiary/aromatic N) is 5. The Morgan fingerprint density at radius 1 is 1.52 bits per heavy atom. The van der Waals surface area contributed by atoms with Crippen LogP contribution in [-0.4, -0.2) is 68.9 Å². The summed E-state index contributed by atoms with van der Waals surface area (Å²) < 4.78 is 8.54. The summed E-state index contributed by atoms with van der Waals surface area (Å²) in [5.74, 6) is 0.587. The molecular weight excluding hydrogens is 413 g/mol. The van der Waals surface area contributed by atoms with Crippen LogP contribution in [0.25, 0.3) is 11.0 Å². The van der Waals surface area contributed by atoms with Gasteiger partial charge in [0.25, 0.3) is 0 Å². The molecule has 2 N–H and O–H groups in total. The fraction of sp³-hybridized carbons (Fsp3) is 0.500. The number of aliphatic hydroxyl groups is 2. The predicted molar refractivity (Wildman–Crippen MR) is 93.7 cm³/mol. The first-order valence-corrected chi connectivity index (χ1v) is 8.25. The van der Waals surface area contributed by atoms with Crippen molar-refractivity contribution >= 4 is 45.8 Å². The molecular formula is C14H18IN5O3. The van der Waals surface area contributed by atoms with Crippen molar-refractivity contribution in [3.63, 3.8) is 0 Å². The second kappa shape index (κ2) is 6.67. The van der Waals surface area contributed by atoms with Crippen LogP contribution in [0, 0.1) is 3.57 Å². The lowest BCUT2D eigenvalue weighted by atomic mass is 10.2. The molecule has 1 aliphatic heterocycles. The fourth-order valence-corrected chi connectivity index (χ4v) is 3.34. The molecule has 3 atom stereocenters. The molecule has 0 bridgehead atoms. The van der Waals surface area contributed by atoms with Gasteiger partial charge in [-0.15, -0.1) is 0 Å². The summed E-state index contributed by atoms with van der Waals surface area (Å²) in [6, 6.07) is 0. The highest BCUT2D eigenvalue weighted by Crippen LogP contribution is 2.35. The zero-order valence-corrected chi connectivity index (χ0v) is 15.0. The van der Waals surface area contributed by atoms with E-state index in [9.17, 15) is 10.2 Å². The van der Waals surface area contributed by atoms with Crippen molar-refractivity contribution in [2.24, 2.45) is 4.99 Å². The minimum atomic E-state index is -0.687. The van der Waals surface area contributed by atoms with Gasteiger partial charge in [0.1, 0.15) is 24.3 Å². The Balaban J connectivity index is 2.02. The number of fused-ring (bicyclic) bond motifs is 1. The van der Waals surface area contributed by atoms with Gasteiger partial charge in [-0.2, -0.15) is 0 Å². The van der Waals surface area contributed by atoms with Gasteiger partial charge < -0.3 is 24.4 Å². The summed E-state index contributed by atoms with van der Waals surface area (Å²) in [7, 11) is 3.78. The Morgan fingerprint density at radius 2 is 2.30 bits per heavy atom. The second-order valence-corrected chi connectivity index (χ2v) is 6.77. The van der Waals surface area contributed by atoms with Crippen LogP contribution in [0.1, 0.15) is 12.6 Å². The monoisotopic (exact) mass is 431 g/mol. The highest BCUT2D eigenvalue weighted by atomic mass is 127. The molecule has 0 amide bonds. The van der Waals surface area contributed by atoms with Crippen LogP contribution in [0.4, 0.5) is 5.82 Å². The number of aromatic nitrogens is 3. The van der Waals surface area contributed by atoms with Crippen molar-refractivity contribution in [2.45, 2.75) is 24.9 Å². The van der Waals surface area contributed by atoms with Crippen LogP contribution in [0.5, 0.6) is 0 Å². The average molecular weight is 431 g/mol. The lowest BCUT2D eigenvalue weighted by Gasteiger charge is -2.14. The quantitative estimate of drug-likeness (QED) is 0.425. The minimum absolute atomic E-state index is 0.207. The van der Waals surface area contributed by atoms with Gasteiger partial charge in [-0.3, -0.25) is 0 Å². The van der Waals surface area contributed by atoms with E-state index in [1.807, 2.05) is 29.8 Å². The molecule has 2 aromatic rings. The van der Waals surface area contributed by atoms with Gasteiger partial charge in [0, 0.05) is 30.3 Å². The van der Waals surface area contributed by atoms with Crippen LogP contribution >= 0.6 is 22.6 Å². The standard InChI is InChI=1S/C14H18IN5O3/c1-19(2)7-18-13-12-8(15)4-20(14(12)17-6-16-13)11-3-9(22)10(5-21)23-11/h4,6-7,9-11,21-22H,3,5H2,1-2H3/t9-,10+,11+/m0/s1. The van der Waals surface area contributed by atoms with Crippen LogP contribution < -0.4 is 0 Å². The van der Waals surface area contributed by atoms with Gasteiger partial charge in [0.15, 0.2) is 5.82 Å². The molecule has 0 unspecified atom stereocenters. The average Bonchev–Trinajstić information content (AvgIpc) is 3.06. The number of hydrogen-bond donors (Lipinski definition) is 2. The molecule has 0 aliphatic carbocycles. The van der Waals surface area contributed by atoms with Crippen molar-refractivity contribution in [3.05, 3.63) is 16.1 Å². The number of aliphatic hydroxyl groups excluding tert-OH is 2. The first-order valence-electron chi connectivity index (χ1n) is 7.17. The zero-order chi connectivity index (χ0) is 16.6. The number of aliphatic imine (C=N–C) groups is 1. The van der Waals surface area contributed by atoms with E-state index in [4.69, 9.17) is 4.74 Å². The molecule has 9 heteroatoms. The molecule has 1 saturated heterocycles. The maximum Gasteiger partial charge on any atom is 0.167 e.